The molecule has 8 heteroatoms. The highest BCUT2D eigenvalue weighted by molar-refractivity contribution is 5.66. The average molecular weight is 715 g/mol. The van der Waals surface area contributed by atoms with Crippen LogP contribution in [0.15, 0.2) is 0 Å². The van der Waals surface area contributed by atoms with E-state index in [0.717, 1.165) is 38.9 Å². The number of rotatable bonds is 41. The van der Waals surface area contributed by atoms with Crippen molar-refractivity contribution in [3.63, 3.8) is 0 Å². The van der Waals surface area contributed by atoms with Crippen molar-refractivity contribution in [1.29, 1.82) is 0 Å². The predicted molar refractivity (Wildman–Crippen MR) is 206 cm³/mol. The molecule has 0 aromatic carbocycles. The van der Waals surface area contributed by atoms with Gasteiger partial charge in [-0.3, -0.25) is 9.59 Å². The second-order valence-corrected chi connectivity index (χ2v) is 14.2. The molecule has 0 aromatic heterocycles. The van der Waals surface area contributed by atoms with Gasteiger partial charge in [-0.1, -0.05) is 155 Å². The maximum absolute atomic E-state index is 11.2. The van der Waals surface area contributed by atoms with E-state index in [9.17, 15) is 9.59 Å². The fourth-order valence-corrected chi connectivity index (χ4v) is 5.93. The van der Waals surface area contributed by atoms with Gasteiger partial charge >= 0.3 is 11.9 Å². The van der Waals surface area contributed by atoms with Crippen molar-refractivity contribution in [2.24, 2.45) is 0 Å². The van der Waals surface area contributed by atoms with Crippen LogP contribution >= 0.6 is 0 Å². The number of unbranched alkanes of at least 4 members (excludes halogenated alkanes) is 23. The molecular formula is C42H82O8. The molecule has 0 amide bonds. The van der Waals surface area contributed by atoms with Crippen molar-refractivity contribution >= 4 is 11.9 Å². The van der Waals surface area contributed by atoms with E-state index in [2.05, 4.69) is 13.8 Å². The van der Waals surface area contributed by atoms with E-state index in [1.54, 1.807) is 0 Å². The summed E-state index contributed by atoms with van der Waals surface area (Å²) < 4.78 is 34.0. The third kappa shape index (κ3) is 39.6. The number of carbonyl (C=O) groups excluding carboxylic acids is 2. The van der Waals surface area contributed by atoms with Gasteiger partial charge in [0.05, 0.1) is 13.2 Å². The third-order valence-electron chi connectivity index (χ3n) is 9.08. The van der Waals surface area contributed by atoms with Gasteiger partial charge in [0.15, 0.2) is 0 Å². The molecule has 0 aliphatic rings. The molecule has 8 nitrogen and oxygen atoms in total. The topological polar surface area (TPSA) is 89.5 Å². The number of carbonyl (C=O) groups is 2. The van der Waals surface area contributed by atoms with Crippen LogP contribution in [0.1, 0.15) is 195 Å². The molecule has 298 valence electrons. The lowest BCUT2D eigenvalue weighted by atomic mass is 10.0. The molecule has 50 heavy (non-hydrogen) atoms. The summed E-state index contributed by atoms with van der Waals surface area (Å²) in [6.07, 6.45) is 32.3. The minimum absolute atomic E-state index is 0.167. The summed E-state index contributed by atoms with van der Waals surface area (Å²) in [7, 11) is 0. The standard InChI is InChI=1S/C42H82O8/c1-5-7-9-11-25-29-33-47-41(37-49-39(3)43)35-45-31-27-23-21-19-17-15-13-14-16-18-20-22-24-28-32-46-36-42(38-50-40(4)44)48-34-30-26-12-10-8-6-2/h41-42H,5-38H2,1-4H3/t41-,42-/m1/s1. The normalized spacial score (nSPS) is 12.6. The Kier molecular flexibility index (Phi) is 39.6. The van der Waals surface area contributed by atoms with Crippen LogP contribution in [0.5, 0.6) is 0 Å². The van der Waals surface area contributed by atoms with Crippen LogP contribution in [-0.4, -0.2) is 77.0 Å². The average Bonchev–Trinajstić information content (AvgIpc) is 3.10. The van der Waals surface area contributed by atoms with Crippen LogP contribution in [0.25, 0.3) is 0 Å². The molecule has 0 spiro atoms. The quantitative estimate of drug-likeness (QED) is 0.0457. The molecule has 0 aliphatic carbocycles. The number of hydrogen-bond donors (Lipinski definition) is 0. The molecule has 0 unspecified atom stereocenters. The van der Waals surface area contributed by atoms with E-state index in [4.69, 9.17) is 28.4 Å². The Morgan fingerprint density at radius 3 is 0.900 bits per heavy atom. The van der Waals surface area contributed by atoms with Crippen LogP contribution < -0.4 is 0 Å². The van der Waals surface area contributed by atoms with E-state index in [0.29, 0.717) is 26.4 Å². The summed E-state index contributed by atoms with van der Waals surface area (Å²) >= 11 is 0. The monoisotopic (exact) mass is 715 g/mol. The van der Waals surface area contributed by atoms with Crippen LogP contribution in [0.2, 0.25) is 0 Å². The van der Waals surface area contributed by atoms with Crippen molar-refractivity contribution in [3.05, 3.63) is 0 Å². The first kappa shape index (κ1) is 48.8. The second-order valence-electron chi connectivity index (χ2n) is 14.2. The van der Waals surface area contributed by atoms with Crippen molar-refractivity contribution in [1.82, 2.24) is 0 Å². The van der Waals surface area contributed by atoms with Gasteiger partial charge in [0.2, 0.25) is 0 Å². The summed E-state index contributed by atoms with van der Waals surface area (Å²) in [6.45, 7) is 11.8. The fourth-order valence-electron chi connectivity index (χ4n) is 5.93. The lowest BCUT2D eigenvalue weighted by molar-refractivity contribution is -0.148. The van der Waals surface area contributed by atoms with Crippen LogP contribution in [0, 0.1) is 0 Å². The highest BCUT2D eigenvalue weighted by Crippen LogP contribution is 2.14. The van der Waals surface area contributed by atoms with Crippen molar-refractivity contribution in [2.45, 2.75) is 207 Å². The van der Waals surface area contributed by atoms with Gasteiger partial charge in [0, 0.05) is 40.3 Å². The van der Waals surface area contributed by atoms with E-state index >= 15 is 0 Å². The second kappa shape index (κ2) is 40.5. The zero-order chi connectivity index (χ0) is 36.6. The maximum Gasteiger partial charge on any atom is 0.302 e. The Morgan fingerprint density at radius 2 is 0.620 bits per heavy atom. The number of esters is 2. The molecule has 0 bridgehead atoms. The maximum atomic E-state index is 11.2. The minimum atomic E-state index is -0.267. The van der Waals surface area contributed by atoms with Gasteiger partial charge in [-0.25, -0.2) is 0 Å². The van der Waals surface area contributed by atoms with Crippen LogP contribution in [0.4, 0.5) is 0 Å². The highest BCUT2D eigenvalue weighted by Gasteiger charge is 2.13. The van der Waals surface area contributed by atoms with Gasteiger partial charge in [-0.2, -0.15) is 0 Å². The van der Waals surface area contributed by atoms with Gasteiger partial charge in [-0.15, -0.1) is 0 Å². The molecule has 0 radical (unpaired) electrons. The van der Waals surface area contributed by atoms with Gasteiger partial charge in [0.1, 0.15) is 25.4 Å². The zero-order valence-corrected chi connectivity index (χ0v) is 33.5. The molecule has 0 aromatic rings. The van der Waals surface area contributed by atoms with Crippen LogP contribution in [0.3, 0.4) is 0 Å². The Balaban J connectivity index is 3.59. The first-order valence-electron chi connectivity index (χ1n) is 21.1. The predicted octanol–water partition coefficient (Wildman–Crippen LogP) is 11.1. The molecule has 0 heterocycles. The molecular weight excluding hydrogens is 632 g/mol. The highest BCUT2D eigenvalue weighted by atomic mass is 16.6. The molecule has 2 atom stereocenters. The van der Waals surface area contributed by atoms with Crippen molar-refractivity contribution in [2.75, 3.05) is 52.9 Å². The molecule has 0 N–H and O–H groups in total. The summed E-state index contributed by atoms with van der Waals surface area (Å²) in [6, 6.07) is 0. The van der Waals surface area contributed by atoms with E-state index in [1.165, 1.54) is 155 Å². The van der Waals surface area contributed by atoms with Crippen LogP contribution in [-0.2, 0) is 38.0 Å². The van der Waals surface area contributed by atoms with Gasteiger partial charge < -0.3 is 28.4 Å². The summed E-state index contributed by atoms with van der Waals surface area (Å²) in [5.74, 6) is -0.534. The minimum Gasteiger partial charge on any atom is -0.463 e. The first-order valence-corrected chi connectivity index (χ1v) is 21.1. The van der Waals surface area contributed by atoms with Gasteiger partial charge in [-0.05, 0) is 25.7 Å². The summed E-state index contributed by atoms with van der Waals surface area (Å²) in [5.41, 5.74) is 0. The summed E-state index contributed by atoms with van der Waals surface area (Å²) in [4.78, 5) is 22.5. The Bertz CT molecular complexity index is 645. The van der Waals surface area contributed by atoms with Crippen molar-refractivity contribution in [3.8, 4) is 0 Å². The number of ether oxygens (including phenoxy) is 6. The lowest BCUT2D eigenvalue weighted by Gasteiger charge is -2.18. The largest absolute Gasteiger partial charge is 0.463 e. The van der Waals surface area contributed by atoms with E-state index in [-0.39, 0.29) is 37.4 Å². The Morgan fingerprint density at radius 1 is 0.360 bits per heavy atom. The molecule has 0 saturated carbocycles. The number of hydrogen-bond acceptors (Lipinski definition) is 8. The molecule has 0 aliphatic heterocycles. The molecule has 0 fully saturated rings. The zero-order valence-electron chi connectivity index (χ0n) is 33.5. The summed E-state index contributed by atoms with van der Waals surface area (Å²) in [5, 5.41) is 0. The van der Waals surface area contributed by atoms with E-state index < -0.39 is 0 Å². The smallest absolute Gasteiger partial charge is 0.302 e. The molecule has 0 rings (SSSR count). The Hall–Kier alpha value is -1.22. The Labute approximate surface area is 309 Å². The SMILES string of the molecule is CCCCCCCCO[C@H](COCCCCCCCCCCCCCCCCOC[C@H](COC(C)=O)OCCCCCCCC)COC(C)=O. The fraction of sp³-hybridized carbons (Fsp3) is 0.952. The lowest BCUT2D eigenvalue weighted by Crippen LogP contribution is -2.27. The molecule has 0 saturated heterocycles. The van der Waals surface area contributed by atoms with Gasteiger partial charge in [0.25, 0.3) is 0 Å². The van der Waals surface area contributed by atoms with E-state index in [1.807, 2.05) is 0 Å². The first-order chi connectivity index (χ1) is 24.5. The third-order valence-corrected chi connectivity index (χ3v) is 9.08. The van der Waals surface area contributed by atoms with Crippen molar-refractivity contribution < 1.29 is 38.0 Å².